The maximum Gasteiger partial charge on any atom is 0.270 e. The molecule has 8 heteroatoms. The molecule has 3 heterocycles. The summed E-state index contributed by atoms with van der Waals surface area (Å²) in [6.07, 6.45) is 1.39. The Bertz CT molecular complexity index is 1080. The molecule has 0 bridgehead atoms. The molecule has 0 saturated carbocycles. The van der Waals surface area contributed by atoms with Crippen molar-refractivity contribution < 1.29 is 4.79 Å². The Labute approximate surface area is 149 Å². The quantitative estimate of drug-likeness (QED) is 0.607. The number of hydrogen-bond donors (Lipinski definition) is 1. The van der Waals surface area contributed by atoms with Crippen LogP contribution in [0.4, 0.5) is 0 Å². The fourth-order valence-corrected chi connectivity index (χ4v) is 2.82. The Hall–Kier alpha value is -3.55. The summed E-state index contributed by atoms with van der Waals surface area (Å²) in [4.78, 5) is 21.4. The molecular formula is C18H17N7O. The van der Waals surface area contributed by atoms with Crippen LogP contribution in [0.2, 0.25) is 0 Å². The lowest BCUT2D eigenvalue weighted by atomic mass is 10.1. The van der Waals surface area contributed by atoms with E-state index in [-0.39, 0.29) is 5.91 Å². The van der Waals surface area contributed by atoms with Crippen molar-refractivity contribution in [2.45, 2.75) is 13.5 Å². The molecule has 0 unspecified atom stereocenters. The summed E-state index contributed by atoms with van der Waals surface area (Å²) in [7, 11) is 1.85. The van der Waals surface area contributed by atoms with E-state index in [1.807, 2.05) is 50.4 Å². The van der Waals surface area contributed by atoms with Gasteiger partial charge in [-0.15, -0.1) is 0 Å². The molecule has 0 aliphatic carbocycles. The van der Waals surface area contributed by atoms with Gasteiger partial charge in [0, 0.05) is 12.6 Å². The van der Waals surface area contributed by atoms with Crippen LogP contribution in [0.15, 0.2) is 48.8 Å². The maximum atomic E-state index is 12.8. The van der Waals surface area contributed by atoms with Crippen LogP contribution in [0.25, 0.3) is 17.0 Å². The molecule has 0 atom stereocenters. The Morgan fingerprint density at radius 1 is 1.19 bits per heavy atom. The van der Waals surface area contributed by atoms with Crippen LogP contribution in [0.5, 0.6) is 0 Å². The Kier molecular flexibility index (Phi) is 3.92. The molecule has 0 spiro atoms. The molecule has 0 aliphatic rings. The van der Waals surface area contributed by atoms with E-state index >= 15 is 0 Å². The van der Waals surface area contributed by atoms with Crippen molar-refractivity contribution in [1.29, 1.82) is 0 Å². The van der Waals surface area contributed by atoms with Crippen molar-refractivity contribution >= 4 is 11.7 Å². The van der Waals surface area contributed by atoms with E-state index in [0.29, 0.717) is 23.7 Å². The minimum atomic E-state index is -0.251. The van der Waals surface area contributed by atoms with Gasteiger partial charge in [-0.3, -0.25) is 9.48 Å². The Morgan fingerprint density at radius 3 is 2.73 bits per heavy atom. The SMILES string of the molecule is Cc1cc(CNC(=O)c2cc(-c3ccccc3)nc3ncnn23)n(C)n1. The van der Waals surface area contributed by atoms with Gasteiger partial charge in [-0.25, -0.2) is 4.98 Å². The number of carbonyl (C=O) groups excluding carboxylic acids is 1. The van der Waals surface area contributed by atoms with Crippen LogP contribution < -0.4 is 5.32 Å². The minimum Gasteiger partial charge on any atom is -0.345 e. The number of nitrogens with one attached hydrogen (secondary N) is 1. The zero-order valence-corrected chi connectivity index (χ0v) is 14.4. The zero-order valence-electron chi connectivity index (χ0n) is 14.4. The number of fused-ring (bicyclic) bond motifs is 1. The summed E-state index contributed by atoms with van der Waals surface area (Å²) in [5.74, 6) is 0.131. The second-order valence-corrected chi connectivity index (χ2v) is 5.95. The average Bonchev–Trinajstić information content (AvgIpc) is 3.25. The number of nitrogens with zero attached hydrogens (tertiary/aromatic N) is 6. The van der Waals surface area contributed by atoms with Crippen molar-refractivity contribution in [2.24, 2.45) is 7.05 Å². The summed E-state index contributed by atoms with van der Waals surface area (Å²) in [6.45, 7) is 2.29. The predicted octanol–water partition coefficient (Wildman–Crippen LogP) is 1.76. The molecule has 0 aliphatic heterocycles. The van der Waals surface area contributed by atoms with Gasteiger partial charge in [0.15, 0.2) is 0 Å². The molecule has 130 valence electrons. The smallest absolute Gasteiger partial charge is 0.270 e. The van der Waals surface area contributed by atoms with Crippen LogP contribution in [-0.4, -0.2) is 35.3 Å². The largest absolute Gasteiger partial charge is 0.345 e. The van der Waals surface area contributed by atoms with Crippen molar-refractivity contribution in [2.75, 3.05) is 0 Å². The molecule has 4 aromatic rings. The van der Waals surface area contributed by atoms with Crippen LogP contribution in [0.1, 0.15) is 21.9 Å². The van der Waals surface area contributed by atoms with Gasteiger partial charge in [-0.2, -0.15) is 19.7 Å². The molecule has 0 fully saturated rings. The van der Waals surface area contributed by atoms with Gasteiger partial charge in [-0.05, 0) is 19.1 Å². The van der Waals surface area contributed by atoms with E-state index in [9.17, 15) is 4.79 Å². The standard InChI is InChI=1S/C18H17N7O/c1-12-8-14(24(2)23-12)10-19-17(26)16-9-15(13-6-4-3-5-7-13)22-18-20-11-21-25(16)18/h3-9,11H,10H2,1-2H3,(H,19,26). The first-order valence-corrected chi connectivity index (χ1v) is 8.16. The average molecular weight is 347 g/mol. The molecule has 4 rings (SSSR count). The lowest BCUT2D eigenvalue weighted by Crippen LogP contribution is -2.26. The second-order valence-electron chi connectivity index (χ2n) is 5.95. The molecule has 1 aromatic carbocycles. The van der Waals surface area contributed by atoms with Crippen LogP contribution in [-0.2, 0) is 13.6 Å². The van der Waals surface area contributed by atoms with E-state index in [1.165, 1.54) is 10.8 Å². The summed E-state index contributed by atoms with van der Waals surface area (Å²) < 4.78 is 3.19. The van der Waals surface area contributed by atoms with Gasteiger partial charge < -0.3 is 5.32 Å². The van der Waals surface area contributed by atoms with Crippen molar-refractivity contribution in [3.05, 3.63) is 65.9 Å². The monoisotopic (exact) mass is 347 g/mol. The third-order valence-electron chi connectivity index (χ3n) is 4.08. The van der Waals surface area contributed by atoms with E-state index in [2.05, 4.69) is 25.5 Å². The van der Waals surface area contributed by atoms with Crippen molar-refractivity contribution in [1.82, 2.24) is 34.7 Å². The fraction of sp³-hybridized carbons (Fsp3) is 0.167. The van der Waals surface area contributed by atoms with Crippen molar-refractivity contribution in [3.8, 4) is 11.3 Å². The summed E-state index contributed by atoms with van der Waals surface area (Å²) in [6, 6.07) is 13.3. The number of aromatic nitrogens is 6. The molecule has 3 aromatic heterocycles. The fourth-order valence-electron chi connectivity index (χ4n) is 2.82. The number of aryl methyl sites for hydroxylation is 2. The summed E-state index contributed by atoms with van der Waals surface area (Å²) in [5, 5.41) is 11.3. The van der Waals surface area contributed by atoms with Gasteiger partial charge in [-0.1, -0.05) is 30.3 Å². The van der Waals surface area contributed by atoms with Crippen LogP contribution in [0, 0.1) is 6.92 Å². The molecule has 8 nitrogen and oxygen atoms in total. The Balaban J connectivity index is 1.67. The van der Waals surface area contributed by atoms with E-state index in [0.717, 1.165) is 17.0 Å². The highest BCUT2D eigenvalue weighted by Gasteiger charge is 2.16. The first-order valence-electron chi connectivity index (χ1n) is 8.16. The maximum absolute atomic E-state index is 12.8. The second kappa shape index (κ2) is 6.40. The first-order chi connectivity index (χ1) is 12.6. The third-order valence-corrected chi connectivity index (χ3v) is 4.08. The van der Waals surface area contributed by atoms with E-state index in [4.69, 9.17) is 0 Å². The van der Waals surface area contributed by atoms with Gasteiger partial charge in [0.1, 0.15) is 12.0 Å². The molecule has 1 N–H and O–H groups in total. The predicted molar refractivity (Wildman–Crippen MR) is 95.3 cm³/mol. The van der Waals surface area contributed by atoms with Gasteiger partial charge in [0.2, 0.25) is 0 Å². The highest BCUT2D eigenvalue weighted by atomic mass is 16.2. The number of hydrogen-bond acceptors (Lipinski definition) is 5. The van der Waals surface area contributed by atoms with E-state index in [1.54, 1.807) is 10.7 Å². The Morgan fingerprint density at radius 2 is 2.00 bits per heavy atom. The molecule has 0 saturated heterocycles. The summed E-state index contributed by atoms with van der Waals surface area (Å²) >= 11 is 0. The highest BCUT2D eigenvalue weighted by molar-refractivity contribution is 5.94. The third kappa shape index (κ3) is 2.92. The highest BCUT2D eigenvalue weighted by Crippen LogP contribution is 2.18. The topological polar surface area (TPSA) is 90.0 Å². The van der Waals surface area contributed by atoms with Gasteiger partial charge in [0.05, 0.1) is 23.6 Å². The zero-order chi connectivity index (χ0) is 18.1. The normalized spacial score (nSPS) is 11.0. The minimum absolute atomic E-state index is 0.251. The van der Waals surface area contributed by atoms with Crippen molar-refractivity contribution in [3.63, 3.8) is 0 Å². The van der Waals surface area contributed by atoms with Gasteiger partial charge >= 0.3 is 0 Å². The van der Waals surface area contributed by atoms with Crippen LogP contribution >= 0.6 is 0 Å². The number of rotatable bonds is 4. The molecular weight excluding hydrogens is 330 g/mol. The molecule has 26 heavy (non-hydrogen) atoms. The number of carbonyl (C=O) groups is 1. The molecule has 1 amide bonds. The van der Waals surface area contributed by atoms with Crippen LogP contribution in [0.3, 0.4) is 0 Å². The van der Waals surface area contributed by atoms with Gasteiger partial charge in [0.25, 0.3) is 11.7 Å². The first kappa shape index (κ1) is 15.9. The number of benzene rings is 1. The van der Waals surface area contributed by atoms with E-state index < -0.39 is 0 Å². The lowest BCUT2D eigenvalue weighted by molar-refractivity contribution is 0.0942. The number of amides is 1. The molecule has 0 radical (unpaired) electrons. The lowest BCUT2D eigenvalue weighted by Gasteiger charge is -2.09. The summed E-state index contributed by atoms with van der Waals surface area (Å²) in [5.41, 5.74) is 3.79.